The van der Waals surface area contributed by atoms with Crippen LogP contribution in [0, 0.1) is 0 Å². The highest BCUT2D eigenvalue weighted by molar-refractivity contribution is 5.03. The van der Waals surface area contributed by atoms with Crippen molar-refractivity contribution >= 4 is 0 Å². The molecular formula is C8H10F3NO. The number of rotatable bonds is 3. The Morgan fingerprint density at radius 2 is 2.15 bits per heavy atom. The van der Waals surface area contributed by atoms with Crippen LogP contribution >= 0.6 is 0 Å². The number of alkyl halides is 3. The van der Waals surface area contributed by atoms with Gasteiger partial charge >= 0.3 is 6.18 Å². The summed E-state index contributed by atoms with van der Waals surface area (Å²) < 4.78 is 40.2. The van der Waals surface area contributed by atoms with Crippen LogP contribution in [0.1, 0.15) is 24.6 Å². The summed E-state index contributed by atoms with van der Waals surface area (Å²) >= 11 is 0. The second-order valence-corrected chi connectivity index (χ2v) is 2.78. The van der Waals surface area contributed by atoms with E-state index in [4.69, 9.17) is 10.2 Å². The zero-order chi connectivity index (χ0) is 9.90. The van der Waals surface area contributed by atoms with Gasteiger partial charge in [0, 0.05) is 6.42 Å². The van der Waals surface area contributed by atoms with Crippen molar-refractivity contribution in [2.45, 2.75) is 25.1 Å². The van der Waals surface area contributed by atoms with E-state index in [9.17, 15) is 13.2 Å². The molecule has 5 heteroatoms. The lowest BCUT2D eigenvalue weighted by Crippen LogP contribution is -2.15. The molecule has 0 aliphatic rings. The molecule has 1 rings (SSSR count). The minimum absolute atomic E-state index is 0.142. The maximum absolute atomic E-state index is 11.8. The van der Waals surface area contributed by atoms with Crippen molar-refractivity contribution < 1.29 is 17.6 Å². The number of hydrogen-bond acceptors (Lipinski definition) is 2. The summed E-state index contributed by atoms with van der Waals surface area (Å²) in [6, 6.07) is 2.50. The van der Waals surface area contributed by atoms with Gasteiger partial charge in [-0.15, -0.1) is 0 Å². The average molecular weight is 193 g/mol. The van der Waals surface area contributed by atoms with Crippen LogP contribution in [0.5, 0.6) is 0 Å². The minimum Gasteiger partial charge on any atom is -0.468 e. The lowest BCUT2D eigenvalue weighted by molar-refractivity contribution is -0.136. The van der Waals surface area contributed by atoms with E-state index in [1.165, 1.54) is 6.26 Å². The van der Waals surface area contributed by atoms with Crippen LogP contribution in [0.4, 0.5) is 13.2 Å². The van der Waals surface area contributed by atoms with Crippen molar-refractivity contribution in [2.75, 3.05) is 0 Å². The average Bonchev–Trinajstić information content (AvgIpc) is 2.50. The third kappa shape index (κ3) is 3.50. The third-order valence-electron chi connectivity index (χ3n) is 1.65. The maximum Gasteiger partial charge on any atom is 0.389 e. The smallest absolute Gasteiger partial charge is 0.389 e. The van der Waals surface area contributed by atoms with Gasteiger partial charge in [0.05, 0.1) is 12.3 Å². The van der Waals surface area contributed by atoms with Gasteiger partial charge in [0.15, 0.2) is 0 Å². The van der Waals surface area contributed by atoms with Crippen molar-refractivity contribution in [1.29, 1.82) is 0 Å². The molecule has 1 aromatic heterocycles. The summed E-state index contributed by atoms with van der Waals surface area (Å²) in [7, 11) is 0. The van der Waals surface area contributed by atoms with Crippen molar-refractivity contribution in [3.63, 3.8) is 0 Å². The first kappa shape index (κ1) is 10.1. The molecule has 0 aliphatic carbocycles. The first-order valence-electron chi connectivity index (χ1n) is 3.85. The predicted octanol–water partition coefficient (Wildman–Crippen LogP) is 2.62. The monoisotopic (exact) mass is 193 g/mol. The Morgan fingerprint density at radius 3 is 2.62 bits per heavy atom. The lowest BCUT2D eigenvalue weighted by atomic mass is 10.1. The first-order valence-corrected chi connectivity index (χ1v) is 3.85. The fraction of sp³-hybridized carbons (Fsp3) is 0.500. The van der Waals surface area contributed by atoms with Gasteiger partial charge < -0.3 is 10.2 Å². The molecule has 1 aromatic rings. The van der Waals surface area contributed by atoms with E-state index in [0.717, 1.165) is 0 Å². The van der Waals surface area contributed by atoms with Crippen molar-refractivity contribution in [2.24, 2.45) is 5.73 Å². The first-order chi connectivity index (χ1) is 5.99. The molecule has 0 saturated heterocycles. The van der Waals surface area contributed by atoms with Gasteiger partial charge in [-0.1, -0.05) is 0 Å². The quantitative estimate of drug-likeness (QED) is 0.801. The van der Waals surface area contributed by atoms with Crippen molar-refractivity contribution in [1.82, 2.24) is 0 Å². The molecule has 0 aromatic carbocycles. The van der Waals surface area contributed by atoms with Gasteiger partial charge in [0.1, 0.15) is 5.76 Å². The highest BCUT2D eigenvalue weighted by Crippen LogP contribution is 2.26. The van der Waals surface area contributed by atoms with Crippen LogP contribution in [0.3, 0.4) is 0 Å². The van der Waals surface area contributed by atoms with Crippen LogP contribution in [0.25, 0.3) is 0 Å². The highest BCUT2D eigenvalue weighted by atomic mass is 19.4. The minimum atomic E-state index is -4.15. The topological polar surface area (TPSA) is 39.2 Å². The molecule has 0 aliphatic heterocycles. The van der Waals surface area contributed by atoms with E-state index >= 15 is 0 Å². The van der Waals surface area contributed by atoms with Gasteiger partial charge in [-0.05, 0) is 18.6 Å². The summed E-state index contributed by atoms with van der Waals surface area (Å²) in [5.74, 6) is 0.393. The molecule has 1 heterocycles. The molecular weight excluding hydrogens is 183 g/mol. The second-order valence-electron chi connectivity index (χ2n) is 2.78. The van der Waals surface area contributed by atoms with Crippen LogP contribution in [0.2, 0.25) is 0 Å². The fourth-order valence-electron chi connectivity index (χ4n) is 0.964. The van der Waals surface area contributed by atoms with Gasteiger partial charge in [0.2, 0.25) is 0 Å². The molecule has 1 unspecified atom stereocenters. The molecule has 1 atom stereocenters. The molecule has 0 bridgehead atoms. The normalized spacial score (nSPS) is 14.5. The van der Waals surface area contributed by atoms with E-state index in [0.29, 0.717) is 5.76 Å². The van der Waals surface area contributed by atoms with Crippen molar-refractivity contribution in [3.8, 4) is 0 Å². The standard InChI is InChI=1S/C8H10F3NO/c9-8(10,11)4-3-6(12)7-2-1-5-13-7/h1-2,5-6H,3-4,12H2. The molecule has 2 nitrogen and oxygen atoms in total. The number of hydrogen-bond donors (Lipinski definition) is 1. The summed E-state index contributed by atoms with van der Waals surface area (Å²) in [6.45, 7) is 0. The van der Waals surface area contributed by atoms with Crippen LogP contribution < -0.4 is 5.73 Å². The maximum atomic E-state index is 11.8. The van der Waals surface area contributed by atoms with Crippen LogP contribution in [-0.2, 0) is 0 Å². The Bertz CT molecular complexity index is 242. The number of furan rings is 1. The summed E-state index contributed by atoms with van der Waals surface area (Å²) in [5, 5.41) is 0. The Hall–Kier alpha value is -0.970. The largest absolute Gasteiger partial charge is 0.468 e. The molecule has 74 valence electrons. The third-order valence-corrected chi connectivity index (χ3v) is 1.65. The van der Waals surface area contributed by atoms with Gasteiger partial charge in [-0.25, -0.2) is 0 Å². The zero-order valence-electron chi connectivity index (χ0n) is 6.84. The van der Waals surface area contributed by atoms with Gasteiger partial charge in [0.25, 0.3) is 0 Å². The summed E-state index contributed by atoms with van der Waals surface area (Å²) in [5.41, 5.74) is 5.45. The van der Waals surface area contributed by atoms with E-state index in [2.05, 4.69) is 0 Å². The Labute approximate surface area is 73.5 Å². The van der Waals surface area contributed by atoms with Gasteiger partial charge in [-0.3, -0.25) is 0 Å². The van der Waals surface area contributed by atoms with Crippen LogP contribution in [-0.4, -0.2) is 6.18 Å². The Morgan fingerprint density at radius 1 is 1.46 bits per heavy atom. The molecule has 0 radical (unpaired) electrons. The number of halogens is 3. The Kier molecular flexibility index (Phi) is 2.98. The van der Waals surface area contributed by atoms with E-state index in [-0.39, 0.29) is 6.42 Å². The zero-order valence-corrected chi connectivity index (χ0v) is 6.84. The second kappa shape index (κ2) is 3.83. The van der Waals surface area contributed by atoms with E-state index in [1.807, 2.05) is 0 Å². The Balaban J connectivity index is 2.39. The predicted molar refractivity (Wildman–Crippen MR) is 40.9 cm³/mol. The molecule has 0 fully saturated rings. The van der Waals surface area contributed by atoms with E-state index < -0.39 is 18.6 Å². The van der Waals surface area contributed by atoms with Crippen LogP contribution in [0.15, 0.2) is 22.8 Å². The summed E-state index contributed by atoms with van der Waals surface area (Å²) in [4.78, 5) is 0. The fourth-order valence-corrected chi connectivity index (χ4v) is 0.964. The molecule has 0 spiro atoms. The molecule has 2 N–H and O–H groups in total. The summed E-state index contributed by atoms with van der Waals surface area (Å²) in [6.07, 6.45) is -3.78. The number of nitrogens with two attached hydrogens (primary N) is 1. The van der Waals surface area contributed by atoms with Crippen molar-refractivity contribution in [3.05, 3.63) is 24.2 Å². The molecule has 0 amide bonds. The lowest BCUT2D eigenvalue weighted by Gasteiger charge is -2.10. The SMILES string of the molecule is NC(CCC(F)(F)F)c1ccco1. The van der Waals surface area contributed by atoms with E-state index in [1.54, 1.807) is 12.1 Å². The van der Waals surface area contributed by atoms with Gasteiger partial charge in [-0.2, -0.15) is 13.2 Å². The molecule has 13 heavy (non-hydrogen) atoms. The molecule has 0 saturated carbocycles. The highest BCUT2D eigenvalue weighted by Gasteiger charge is 2.28.